The average Bonchev–Trinajstić information content (AvgIpc) is 2.55. The van der Waals surface area contributed by atoms with Gasteiger partial charge < -0.3 is 10.1 Å². The summed E-state index contributed by atoms with van der Waals surface area (Å²) < 4.78 is 44.9. The molecular weight excluding hydrogens is 331 g/mol. The number of anilines is 2. The SMILES string of the molecule is Cc1cc(OCc2ccc(F)c(F)c2)nc(Nc2cccc(F)c2)n1. The molecule has 1 N–H and O–H groups in total. The Morgan fingerprint density at radius 3 is 2.56 bits per heavy atom. The Morgan fingerprint density at radius 1 is 0.960 bits per heavy atom. The van der Waals surface area contributed by atoms with Crippen LogP contribution in [0.2, 0.25) is 0 Å². The highest BCUT2D eigenvalue weighted by Gasteiger charge is 2.07. The third kappa shape index (κ3) is 4.47. The van der Waals surface area contributed by atoms with Crippen LogP contribution in [0.3, 0.4) is 0 Å². The maximum absolute atomic E-state index is 13.2. The summed E-state index contributed by atoms with van der Waals surface area (Å²) in [7, 11) is 0. The zero-order chi connectivity index (χ0) is 17.8. The van der Waals surface area contributed by atoms with Gasteiger partial charge in [-0.3, -0.25) is 0 Å². The summed E-state index contributed by atoms with van der Waals surface area (Å²) in [6, 6.07) is 11.0. The second-order valence-corrected chi connectivity index (χ2v) is 5.34. The van der Waals surface area contributed by atoms with E-state index in [9.17, 15) is 13.2 Å². The number of benzene rings is 2. The normalized spacial score (nSPS) is 10.6. The Balaban J connectivity index is 1.73. The van der Waals surface area contributed by atoms with Crippen molar-refractivity contribution in [2.24, 2.45) is 0 Å². The minimum atomic E-state index is -0.937. The van der Waals surface area contributed by atoms with Crippen molar-refractivity contribution in [1.29, 1.82) is 0 Å². The Labute approximate surface area is 142 Å². The molecule has 4 nitrogen and oxygen atoms in total. The third-order valence-electron chi connectivity index (χ3n) is 3.28. The van der Waals surface area contributed by atoms with Crippen molar-refractivity contribution < 1.29 is 17.9 Å². The van der Waals surface area contributed by atoms with Crippen LogP contribution >= 0.6 is 0 Å². The molecule has 0 saturated heterocycles. The molecule has 1 aromatic heterocycles. The van der Waals surface area contributed by atoms with Gasteiger partial charge in [0, 0.05) is 17.4 Å². The van der Waals surface area contributed by atoms with E-state index in [1.54, 1.807) is 25.1 Å². The van der Waals surface area contributed by atoms with Crippen LogP contribution in [0.25, 0.3) is 0 Å². The summed E-state index contributed by atoms with van der Waals surface area (Å²) in [6.45, 7) is 1.77. The Bertz CT molecular complexity index is 902. The first-order valence-electron chi connectivity index (χ1n) is 7.44. The number of nitrogens with zero attached hydrogens (tertiary/aromatic N) is 2. The van der Waals surface area contributed by atoms with E-state index in [2.05, 4.69) is 15.3 Å². The summed E-state index contributed by atoms with van der Waals surface area (Å²) in [6.07, 6.45) is 0. The van der Waals surface area contributed by atoms with Gasteiger partial charge in [0.1, 0.15) is 12.4 Å². The fraction of sp³-hybridized carbons (Fsp3) is 0.111. The molecule has 1 heterocycles. The first-order chi connectivity index (χ1) is 12.0. The minimum absolute atomic E-state index is 0.0209. The van der Waals surface area contributed by atoms with E-state index in [-0.39, 0.29) is 24.3 Å². The molecule has 128 valence electrons. The Morgan fingerprint density at radius 2 is 1.80 bits per heavy atom. The molecule has 0 spiro atoms. The number of aryl methyl sites for hydroxylation is 1. The van der Waals surface area contributed by atoms with E-state index in [4.69, 9.17) is 4.74 Å². The monoisotopic (exact) mass is 345 g/mol. The van der Waals surface area contributed by atoms with Crippen LogP contribution in [-0.4, -0.2) is 9.97 Å². The predicted octanol–water partition coefficient (Wildman–Crippen LogP) is 4.52. The molecule has 0 aliphatic rings. The Kier molecular flexibility index (Phi) is 4.83. The van der Waals surface area contributed by atoms with E-state index in [1.807, 2.05) is 0 Å². The topological polar surface area (TPSA) is 47.0 Å². The number of aromatic nitrogens is 2. The molecule has 0 fully saturated rings. The number of hydrogen-bond donors (Lipinski definition) is 1. The van der Waals surface area contributed by atoms with E-state index < -0.39 is 11.6 Å². The van der Waals surface area contributed by atoms with E-state index >= 15 is 0 Å². The first kappa shape index (κ1) is 16.8. The quantitative estimate of drug-likeness (QED) is 0.738. The van der Waals surface area contributed by atoms with Gasteiger partial charge in [0.05, 0.1) is 0 Å². The zero-order valence-corrected chi connectivity index (χ0v) is 13.3. The highest BCUT2D eigenvalue weighted by Crippen LogP contribution is 2.19. The van der Waals surface area contributed by atoms with Crippen LogP contribution in [-0.2, 0) is 6.61 Å². The lowest BCUT2D eigenvalue weighted by atomic mass is 10.2. The van der Waals surface area contributed by atoms with Crippen LogP contribution in [0.5, 0.6) is 5.88 Å². The fourth-order valence-electron chi connectivity index (χ4n) is 2.15. The molecule has 3 aromatic rings. The summed E-state index contributed by atoms with van der Waals surface area (Å²) in [4.78, 5) is 8.38. The molecule has 2 aromatic carbocycles. The second kappa shape index (κ2) is 7.21. The lowest BCUT2D eigenvalue weighted by Gasteiger charge is -2.10. The molecule has 3 rings (SSSR count). The molecule has 0 bridgehead atoms. The average molecular weight is 345 g/mol. The van der Waals surface area contributed by atoms with E-state index in [0.717, 1.165) is 12.1 Å². The van der Waals surface area contributed by atoms with Gasteiger partial charge in [0.15, 0.2) is 11.6 Å². The van der Waals surface area contributed by atoms with Crippen molar-refractivity contribution in [2.75, 3.05) is 5.32 Å². The summed E-state index contributed by atoms with van der Waals surface area (Å²) in [5.41, 5.74) is 1.60. The van der Waals surface area contributed by atoms with Crippen molar-refractivity contribution in [1.82, 2.24) is 9.97 Å². The van der Waals surface area contributed by atoms with Crippen molar-refractivity contribution in [3.8, 4) is 5.88 Å². The van der Waals surface area contributed by atoms with Gasteiger partial charge in [-0.2, -0.15) is 4.98 Å². The van der Waals surface area contributed by atoms with E-state index in [1.165, 1.54) is 18.2 Å². The maximum atomic E-state index is 13.2. The molecule has 0 aliphatic carbocycles. The first-order valence-corrected chi connectivity index (χ1v) is 7.44. The third-order valence-corrected chi connectivity index (χ3v) is 3.28. The predicted molar refractivity (Wildman–Crippen MR) is 87.1 cm³/mol. The molecule has 0 unspecified atom stereocenters. The number of rotatable bonds is 5. The lowest BCUT2D eigenvalue weighted by molar-refractivity contribution is 0.292. The molecular formula is C18H14F3N3O. The van der Waals surface area contributed by atoms with Crippen LogP contribution in [0.1, 0.15) is 11.3 Å². The molecule has 0 radical (unpaired) electrons. The van der Waals surface area contributed by atoms with Crippen LogP contribution in [0.4, 0.5) is 24.8 Å². The summed E-state index contributed by atoms with van der Waals surface area (Å²) in [5, 5.41) is 2.89. The number of nitrogens with one attached hydrogen (secondary N) is 1. The van der Waals surface area contributed by atoms with Gasteiger partial charge in [0.25, 0.3) is 0 Å². The van der Waals surface area contributed by atoms with E-state index in [0.29, 0.717) is 16.9 Å². The minimum Gasteiger partial charge on any atom is -0.473 e. The molecule has 7 heteroatoms. The van der Waals surface area contributed by atoms with Crippen molar-refractivity contribution in [2.45, 2.75) is 13.5 Å². The van der Waals surface area contributed by atoms with Crippen LogP contribution in [0, 0.1) is 24.4 Å². The second-order valence-electron chi connectivity index (χ2n) is 5.34. The number of hydrogen-bond acceptors (Lipinski definition) is 4. The lowest BCUT2D eigenvalue weighted by Crippen LogP contribution is -2.03. The maximum Gasteiger partial charge on any atom is 0.230 e. The highest BCUT2D eigenvalue weighted by molar-refractivity contribution is 5.53. The van der Waals surface area contributed by atoms with Crippen LogP contribution in [0.15, 0.2) is 48.5 Å². The fourth-order valence-corrected chi connectivity index (χ4v) is 2.15. The van der Waals surface area contributed by atoms with Crippen molar-refractivity contribution >= 4 is 11.6 Å². The molecule has 0 aliphatic heterocycles. The number of ether oxygens (including phenoxy) is 1. The molecule has 0 atom stereocenters. The summed E-state index contributed by atoms with van der Waals surface area (Å²) >= 11 is 0. The summed E-state index contributed by atoms with van der Waals surface area (Å²) in [5.74, 6) is -1.73. The Hall–Kier alpha value is -3.09. The van der Waals surface area contributed by atoms with Crippen LogP contribution < -0.4 is 10.1 Å². The van der Waals surface area contributed by atoms with Crippen molar-refractivity contribution in [3.63, 3.8) is 0 Å². The standard InChI is InChI=1S/C18H14F3N3O/c1-11-7-17(25-10-12-5-6-15(20)16(21)8-12)24-18(22-11)23-14-4-2-3-13(19)9-14/h2-9H,10H2,1H3,(H,22,23,24). The van der Waals surface area contributed by atoms with Gasteiger partial charge in [-0.15, -0.1) is 0 Å². The van der Waals surface area contributed by atoms with Gasteiger partial charge >= 0.3 is 0 Å². The largest absolute Gasteiger partial charge is 0.473 e. The highest BCUT2D eigenvalue weighted by atomic mass is 19.2. The number of halogens is 3. The molecule has 0 amide bonds. The smallest absolute Gasteiger partial charge is 0.230 e. The van der Waals surface area contributed by atoms with Gasteiger partial charge in [-0.1, -0.05) is 12.1 Å². The zero-order valence-electron chi connectivity index (χ0n) is 13.3. The van der Waals surface area contributed by atoms with Gasteiger partial charge in [-0.25, -0.2) is 18.2 Å². The van der Waals surface area contributed by atoms with Gasteiger partial charge in [0.2, 0.25) is 11.8 Å². The molecule has 0 saturated carbocycles. The van der Waals surface area contributed by atoms with Gasteiger partial charge in [-0.05, 0) is 42.8 Å². The van der Waals surface area contributed by atoms with Crippen molar-refractivity contribution in [3.05, 3.63) is 77.2 Å². The molecule has 25 heavy (non-hydrogen) atoms.